The number of ketones is 1. The Bertz CT molecular complexity index is 674. The lowest BCUT2D eigenvalue weighted by atomic mass is 10.00. The Labute approximate surface area is 171 Å². The van der Waals surface area contributed by atoms with E-state index in [9.17, 15) is 14.4 Å². The van der Waals surface area contributed by atoms with Gasteiger partial charge in [0.1, 0.15) is 0 Å². The van der Waals surface area contributed by atoms with E-state index < -0.39 is 0 Å². The average Bonchev–Trinajstić information content (AvgIpc) is 2.70. The number of likely N-dealkylation sites (tertiary alicyclic amines) is 1. The van der Waals surface area contributed by atoms with Crippen molar-refractivity contribution in [2.45, 2.75) is 44.6 Å². The van der Waals surface area contributed by atoms with Crippen molar-refractivity contribution >= 4 is 29.4 Å². The maximum Gasteiger partial charge on any atom is 0.305 e. The van der Waals surface area contributed by atoms with Gasteiger partial charge < -0.3 is 9.64 Å². The Hall–Kier alpha value is -2.08. The Morgan fingerprint density at radius 3 is 2.79 bits per heavy atom. The van der Waals surface area contributed by atoms with E-state index in [4.69, 9.17) is 0 Å². The van der Waals surface area contributed by atoms with Gasteiger partial charge in [0.2, 0.25) is 5.91 Å². The normalized spacial score (nSPS) is 17.1. The fourth-order valence-corrected chi connectivity index (χ4v) is 4.08. The topological polar surface area (TPSA) is 63.7 Å². The van der Waals surface area contributed by atoms with Crippen LogP contribution in [0.1, 0.15) is 37.7 Å². The standard InChI is InChI=1S/C22H29NO4S/c1-27-22(26)11-6-15-28-16-14-23-19(9-5-10-21(23)25)12-13-20(24)17-18-7-3-2-4-8-18/h2-4,7-8,12-13,19H,5-6,9-11,14-17H2,1H3. The van der Waals surface area contributed by atoms with Gasteiger partial charge in [0.25, 0.3) is 0 Å². The maximum atomic E-state index is 12.3. The largest absolute Gasteiger partial charge is 0.469 e. The molecule has 0 aromatic heterocycles. The zero-order valence-corrected chi connectivity index (χ0v) is 17.3. The summed E-state index contributed by atoms with van der Waals surface area (Å²) in [6.07, 6.45) is 7.46. The van der Waals surface area contributed by atoms with Crippen molar-refractivity contribution in [1.29, 1.82) is 0 Å². The molecule has 1 heterocycles. The molecule has 1 fully saturated rings. The molecule has 1 atom stereocenters. The molecule has 1 aromatic carbocycles. The van der Waals surface area contributed by atoms with E-state index in [0.717, 1.165) is 36.3 Å². The van der Waals surface area contributed by atoms with Crippen LogP contribution >= 0.6 is 11.8 Å². The lowest BCUT2D eigenvalue weighted by Gasteiger charge is -2.34. The number of amides is 1. The van der Waals surface area contributed by atoms with E-state index >= 15 is 0 Å². The second-order valence-corrected chi connectivity index (χ2v) is 8.05. The third-order valence-electron chi connectivity index (χ3n) is 4.71. The van der Waals surface area contributed by atoms with Crippen molar-refractivity contribution in [3.63, 3.8) is 0 Å². The number of carbonyl (C=O) groups is 3. The van der Waals surface area contributed by atoms with E-state index in [1.54, 1.807) is 17.8 Å². The first-order valence-corrected chi connectivity index (χ1v) is 10.9. The molecule has 1 amide bonds. The van der Waals surface area contributed by atoms with Gasteiger partial charge in [-0.1, -0.05) is 36.4 Å². The number of hydrogen-bond donors (Lipinski definition) is 0. The number of methoxy groups -OCH3 is 1. The smallest absolute Gasteiger partial charge is 0.305 e. The molecule has 2 rings (SSSR count). The van der Waals surface area contributed by atoms with Crippen LogP contribution in [-0.4, -0.2) is 53.8 Å². The minimum absolute atomic E-state index is 0.00311. The van der Waals surface area contributed by atoms with Crippen molar-refractivity contribution in [1.82, 2.24) is 4.90 Å². The molecule has 152 valence electrons. The van der Waals surface area contributed by atoms with Crippen LogP contribution < -0.4 is 0 Å². The van der Waals surface area contributed by atoms with E-state index in [-0.39, 0.29) is 23.7 Å². The van der Waals surface area contributed by atoms with Gasteiger partial charge in [0.05, 0.1) is 13.2 Å². The van der Waals surface area contributed by atoms with Gasteiger partial charge >= 0.3 is 5.97 Å². The summed E-state index contributed by atoms with van der Waals surface area (Å²) >= 11 is 1.74. The SMILES string of the molecule is COC(=O)CCCSCCN1C(=O)CCCC1C=CC(=O)Cc1ccccc1. The van der Waals surface area contributed by atoms with Crippen LogP contribution in [0, 0.1) is 0 Å². The zero-order valence-electron chi connectivity index (χ0n) is 16.5. The third kappa shape index (κ3) is 7.89. The molecular weight excluding hydrogens is 374 g/mol. The molecule has 28 heavy (non-hydrogen) atoms. The number of esters is 1. The predicted molar refractivity (Wildman–Crippen MR) is 112 cm³/mol. The zero-order chi connectivity index (χ0) is 20.2. The quantitative estimate of drug-likeness (QED) is 0.322. The van der Waals surface area contributed by atoms with E-state index in [1.807, 2.05) is 41.3 Å². The summed E-state index contributed by atoms with van der Waals surface area (Å²) in [7, 11) is 1.40. The summed E-state index contributed by atoms with van der Waals surface area (Å²) < 4.78 is 4.63. The number of benzene rings is 1. The summed E-state index contributed by atoms with van der Waals surface area (Å²) in [4.78, 5) is 37.5. The molecule has 0 saturated carbocycles. The number of nitrogens with zero attached hydrogens (tertiary/aromatic N) is 1. The van der Waals surface area contributed by atoms with Gasteiger partial charge in [-0.2, -0.15) is 11.8 Å². The summed E-state index contributed by atoms with van der Waals surface area (Å²) in [5, 5.41) is 0. The van der Waals surface area contributed by atoms with Crippen LogP contribution in [0.4, 0.5) is 0 Å². The van der Waals surface area contributed by atoms with Crippen molar-refractivity contribution < 1.29 is 19.1 Å². The second-order valence-electron chi connectivity index (χ2n) is 6.83. The van der Waals surface area contributed by atoms with Crippen LogP contribution in [0.5, 0.6) is 0 Å². The molecule has 6 heteroatoms. The van der Waals surface area contributed by atoms with Crippen molar-refractivity contribution in [2.24, 2.45) is 0 Å². The highest BCUT2D eigenvalue weighted by Crippen LogP contribution is 2.20. The highest BCUT2D eigenvalue weighted by molar-refractivity contribution is 7.99. The van der Waals surface area contributed by atoms with Crippen LogP contribution in [-0.2, 0) is 25.5 Å². The molecule has 5 nitrogen and oxygen atoms in total. The van der Waals surface area contributed by atoms with Gasteiger partial charge in [-0.05, 0) is 36.7 Å². The number of ether oxygens (including phenoxy) is 1. The predicted octanol–water partition coefficient (Wildman–Crippen LogP) is 3.42. The maximum absolute atomic E-state index is 12.3. The molecule has 0 bridgehead atoms. The minimum atomic E-state index is -0.183. The highest BCUT2D eigenvalue weighted by atomic mass is 32.2. The summed E-state index contributed by atoms with van der Waals surface area (Å²) in [5.74, 6) is 1.73. The summed E-state index contributed by atoms with van der Waals surface area (Å²) in [6, 6.07) is 9.67. The number of allylic oxidation sites excluding steroid dienone is 1. The van der Waals surface area contributed by atoms with Crippen LogP contribution in [0.2, 0.25) is 0 Å². The Morgan fingerprint density at radius 1 is 1.25 bits per heavy atom. The highest BCUT2D eigenvalue weighted by Gasteiger charge is 2.25. The summed E-state index contributed by atoms with van der Waals surface area (Å²) in [6.45, 7) is 0.670. The van der Waals surface area contributed by atoms with Crippen LogP contribution in [0.25, 0.3) is 0 Å². The van der Waals surface area contributed by atoms with Gasteiger partial charge in [-0.3, -0.25) is 14.4 Å². The molecule has 0 N–H and O–H groups in total. The van der Waals surface area contributed by atoms with Gasteiger partial charge in [-0.15, -0.1) is 0 Å². The molecule has 1 saturated heterocycles. The number of carbonyl (C=O) groups excluding carboxylic acids is 3. The lowest BCUT2D eigenvalue weighted by molar-refractivity contribution is -0.140. The van der Waals surface area contributed by atoms with E-state index in [1.165, 1.54) is 7.11 Å². The Morgan fingerprint density at radius 2 is 2.04 bits per heavy atom. The molecule has 0 radical (unpaired) electrons. The molecule has 0 spiro atoms. The molecule has 0 aliphatic carbocycles. The average molecular weight is 404 g/mol. The monoisotopic (exact) mass is 403 g/mol. The fraction of sp³-hybridized carbons (Fsp3) is 0.500. The molecule has 1 unspecified atom stereocenters. The number of rotatable bonds is 11. The Balaban J connectivity index is 1.78. The van der Waals surface area contributed by atoms with Crippen molar-refractivity contribution in [2.75, 3.05) is 25.2 Å². The minimum Gasteiger partial charge on any atom is -0.469 e. The first-order chi connectivity index (χ1) is 13.6. The Kier molecular flexibility index (Phi) is 9.83. The van der Waals surface area contributed by atoms with Crippen molar-refractivity contribution in [3.8, 4) is 0 Å². The molecule has 1 aromatic rings. The molecular formula is C22H29NO4S. The fourth-order valence-electron chi connectivity index (χ4n) is 3.20. The number of thioether (sulfide) groups is 1. The van der Waals surface area contributed by atoms with E-state index in [2.05, 4.69) is 4.74 Å². The second kappa shape index (κ2) is 12.4. The van der Waals surface area contributed by atoms with Crippen LogP contribution in [0.15, 0.2) is 42.5 Å². The molecule has 1 aliphatic heterocycles. The number of piperidine rings is 1. The summed E-state index contributed by atoms with van der Waals surface area (Å²) in [5.41, 5.74) is 0.997. The first-order valence-electron chi connectivity index (χ1n) is 9.79. The van der Waals surface area contributed by atoms with Gasteiger partial charge in [0, 0.05) is 31.6 Å². The van der Waals surface area contributed by atoms with Gasteiger partial charge in [-0.25, -0.2) is 0 Å². The third-order valence-corrected chi connectivity index (χ3v) is 5.76. The van der Waals surface area contributed by atoms with Crippen LogP contribution in [0.3, 0.4) is 0 Å². The van der Waals surface area contributed by atoms with Crippen molar-refractivity contribution in [3.05, 3.63) is 48.0 Å². The first kappa shape index (κ1) is 22.2. The number of hydrogen-bond acceptors (Lipinski definition) is 5. The van der Waals surface area contributed by atoms with E-state index in [0.29, 0.717) is 25.8 Å². The lowest BCUT2D eigenvalue weighted by Crippen LogP contribution is -2.43. The molecule has 1 aliphatic rings. The van der Waals surface area contributed by atoms with Gasteiger partial charge in [0.15, 0.2) is 5.78 Å².